The van der Waals surface area contributed by atoms with Crippen molar-refractivity contribution < 1.29 is 27.2 Å². The summed E-state index contributed by atoms with van der Waals surface area (Å²) in [5, 5.41) is 0.618. The first-order valence-corrected chi connectivity index (χ1v) is 13.3. The number of hydrogen-bond donors (Lipinski definition) is 0. The fraction of sp³-hybridized carbons (Fsp3) is 0.583. The van der Waals surface area contributed by atoms with Gasteiger partial charge in [-0.3, -0.25) is 4.79 Å². The molecule has 0 radical (unpaired) electrons. The van der Waals surface area contributed by atoms with Gasteiger partial charge in [0.15, 0.2) is 5.76 Å². The zero-order chi connectivity index (χ0) is 24.6. The summed E-state index contributed by atoms with van der Waals surface area (Å²) in [6, 6.07) is 4.79. The van der Waals surface area contributed by atoms with Gasteiger partial charge in [-0.2, -0.15) is 4.31 Å². The van der Waals surface area contributed by atoms with Crippen LogP contribution in [0.4, 0.5) is 4.79 Å². The summed E-state index contributed by atoms with van der Waals surface area (Å²) in [6.45, 7) is 10.5. The lowest BCUT2D eigenvalue weighted by molar-refractivity contribution is 0.0547. The van der Waals surface area contributed by atoms with Crippen LogP contribution in [0, 0.1) is 18.8 Å². The van der Waals surface area contributed by atoms with Gasteiger partial charge < -0.3 is 19.0 Å². The Morgan fingerprint density at radius 1 is 1.06 bits per heavy atom. The van der Waals surface area contributed by atoms with Crippen molar-refractivity contribution in [1.82, 2.24) is 14.1 Å². The van der Waals surface area contributed by atoms with Gasteiger partial charge in [-0.15, -0.1) is 0 Å². The van der Waals surface area contributed by atoms with Gasteiger partial charge in [0.05, 0.1) is 11.5 Å². The van der Waals surface area contributed by atoms with Crippen LogP contribution in [-0.2, 0) is 14.8 Å². The maximum atomic E-state index is 13.3. The zero-order valence-corrected chi connectivity index (χ0v) is 21.1. The summed E-state index contributed by atoms with van der Waals surface area (Å²) in [4.78, 5) is 28.5. The van der Waals surface area contributed by atoms with Crippen LogP contribution in [0.25, 0.3) is 11.0 Å². The first kappa shape index (κ1) is 24.5. The number of sulfonamides is 1. The Balaban J connectivity index is 1.55. The maximum Gasteiger partial charge on any atom is 0.409 e. The molecule has 0 unspecified atom stereocenters. The van der Waals surface area contributed by atoms with E-state index < -0.39 is 10.0 Å². The lowest BCUT2D eigenvalue weighted by Gasteiger charge is -2.34. The maximum absolute atomic E-state index is 13.3. The lowest BCUT2D eigenvalue weighted by atomic mass is 9.94. The molecule has 0 saturated carbocycles. The predicted octanol–water partition coefficient (Wildman–Crippen LogP) is 3.32. The van der Waals surface area contributed by atoms with Gasteiger partial charge >= 0.3 is 6.09 Å². The number of furan rings is 1. The van der Waals surface area contributed by atoms with E-state index in [-0.39, 0.29) is 22.7 Å². The number of carbonyl (C=O) groups excluding carboxylic acids is 2. The molecule has 1 aromatic carbocycles. The van der Waals surface area contributed by atoms with Gasteiger partial charge in [-0.25, -0.2) is 13.2 Å². The molecule has 0 N–H and O–H groups in total. The van der Waals surface area contributed by atoms with Gasteiger partial charge in [0.2, 0.25) is 10.0 Å². The van der Waals surface area contributed by atoms with E-state index in [1.165, 1.54) is 0 Å². The van der Waals surface area contributed by atoms with E-state index >= 15 is 0 Å². The molecule has 0 bridgehead atoms. The van der Waals surface area contributed by atoms with Crippen molar-refractivity contribution in [2.24, 2.45) is 11.8 Å². The fourth-order valence-electron chi connectivity index (χ4n) is 4.97. The van der Waals surface area contributed by atoms with Gasteiger partial charge in [0.25, 0.3) is 5.91 Å². The Morgan fingerprint density at radius 3 is 2.29 bits per heavy atom. The minimum atomic E-state index is -3.64. The third kappa shape index (κ3) is 4.65. The normalized spacial score (nSPS) is 22.2. The number of hydrogen-bond acceptors (Lipinski definition) is 6. The molecule has 186 valence electrons. The number of aryl methyl sites for hydroxylation is 1. The highest BCUT2D eigenvalue weighted by Crippen LogP contribution is 2.32. The highest BCUT2D eigenvalue weighted by Gasteiger charge is 2.33. The average Bonchev–Trinajstić information content (AvgIpc) is 3.14. The highest BCUT2D eigenvalue weighted by atomic mass is 32.2. The van der Waals surface area contributed by atoms with Crippen LogP contribution in [0.1, 0.15) is 43.3 Å². The van der Waals surface area contributed by atoms with Crippen LogP contribution in [0.15, 0.2) is 27.5 Å². The number of piperidine rings is 1. The van der Waals surface area contributed by atoms with Gasteiger partial charge in [0.1, 0.15) is 5.58 Å². The second-order valence-electron chi connectivity index (χ2n) is 9.46. The summed E-state index contributed by atoms with van der Waals surface area (Å²) in [5.41, 5.74) is 1.09. The SMILES string of the molecule is CCOC(=O)N1CCN(C(=O)c2oc3ccc(S(=O)(=O)N4C[C@H](C)C[C@H](C)C4)cc3c2C)CC1. The Labute approximate surface area is 200 Å². The summed E-state index contributed by atoms with van der Waals surface area (Å²) in [5.74, 6) is 0.563. The summed E-state index contributed by atoms with van der Waals surface area (Å²) in [6.07, 6.45) is 0.645. The fourth-order valence-corrected chi connectivity index (χ4v) is 6.67. The van der Waals surface area contributed by atoms with E-state index in [1.807, 2.05) is 0 Å². The molecule has 2 saturated heterocycles. The number of carbonyl (C=O) groups is 2. The topological polar surface area (TPSA) is 100 Å². The second kappa shape index (κ2) is 9.58. The van der Waals surface area contributed by atoms with Crippen LogP contribution in [0.2, 0.25) is 0 Å². The summed E-state index contributed by atoms with van der Waals surface area (Å²) < 4.78 is 39.1. The Bertz CT molecular complexity index is 1170. The quantitative estimate of drug-likeness (QED) is 0.650. The first-order valence-electron chi connectivity index (χ1n) is 11.9. The monoisotopic (exact) mass is 491 g/mol. The van der Waals surface area contributed by atoms with Crippen molar-refractivity contribution >= 4 is 33.0 Å². The molecule has 3 heterocycles. The molecule has 9 nitrogen and oxygen atoms in total. The number of amides is 2. The molecular weight excluding hydrogens is 458 g/mol. The lowest BCUT2D eigenvalue weighted by Crippen LogP contribution is -2.50. The Kier molecular flexibility index (Phi) is 6.91. The zero-order valence-electron chi connectivity index (χ0n) is 20.2. The highest BCUT2D eigenvalue weighted by molar-refractivity contribution is 7.89. The molecule has 2 fully saturated rings. The largest absolute Gasteiger partial charge is 0.451 e. The Morgan fingerprint density at radius 2 is 1.68 bits per heavy atom. The second-order valence-corrected chi connectivity index (χ2v) is 11.4. The molecule has 10 heteroatoms. The van der Waals surface area contributed by atoms with E-state index in [4.69, 9.17) is 9.15 Å². The van der Waals surface area contributed by atoms with Crippen molar-refractivity contribution in [1.29, 1.82) is 0 Å². The predicted molar refractivity (Wildman–Crippen MR) is 127 cm³/mol. The van der Waals surface area contributed by atoms with Gasteiger partial charge in [0, 0.05) is 50.2 Å². The first-order chi connectivity index (χ1) is 16.1. The molecule has 2 aromatic rings. The van der Waals surface area contributed by atoms with Crippen LogP contribution in [0.3, 0.4) is 0 Å². The minimum Gasteiger partial charge on any atom is -0.451 e. The number of fused-ring (bicyclic) bond motifs is 1. The minimum absolute atomic E-state index is 0.203. The van der Waals surface area contributed by atoms with E-state index in [0.717, 1.165) is 6.42 Å². The number of ether oxygens (including phenoxy) is 1. The molecular formula is C24H33N3O6S. The molecule has 2 atom stereocenters. The van der Waals surface area contributed by atoms with Gasteiger partial charge in [-0.05, 0) is 50.3 Å². The van der Waals surface area contributed by atoms with Gasteiger partial charge in [-0.1, -0.05) is 13.8 Å². The molecule has 34 heavy (non-hydrogen) atoms. The number of rotatable bonds is 4. The molecule has 2 aliphatic rings. The Hall–Kier alpha value is -2.59. The number of nitrogens with zero attached hydrogens (tertiary/aromatic N) is 3. The average molecular weight is 492 g/mol. The molecule has 4 rings (SSSR count). The summed E-state index contributed by atoms with van der Waals surface area (Å²) >= 11 is 0. The standard InChI is InChI=1S/C24H33N3O6S/c1-5-32-24(29)26-10-8-25(9-11-26)23(28)22-18(4)20-13-19(6-7-21(20)33-22)34(30,31)27-14-16(2)12-17(3)15-27/h6-7,13,16-17H,5,8-12,14-15H2,1-4H3/t16-,17+. The molecule has 0 spiro atoms. The van der Waals surface area contributed by atoms with E-state index in [9.17, 15) is 18.0 Å². The smallest absolute Gasteiger partial charge is 0.409 e. The molecule has 1 aromatic heterocycles. The number of piperazine rings is 1. The summed E-state index contributed by atoms with van der Waals surface area (Å²) in [7, 11) is -3.64. The van der Waals surface area contributed by atoms with Crippen LogP contribution in [0.5, 0.6) is 0 Å². The molecule has 2 aliphatic heterocycles. The van der Waals surface area contributed by atoms with E-state index in [1.54, 1.807) is 46.2 Å². The van der Waals surface area contributed by atoms with Crippen molar-refractivity contribution in [3.05, 3.63) is 29.5 Å². The van der Waals surface area contributed by atoms with Crippen molar-refractivity contribution in [3.8, 4) is 0 Å². The van der Waals surface area contributed by atoms with Crippen molar-refractivity contribution in [2.75, 3.05) is 45.9 Å². The van der Waals surface area contributed by atoms with E-state index in [0.29, 0.717) is 74.2 Å². The number of benzene rings is 1. The molecule has 0 aliphatic carbocycles. The third-order valence-corrected chi connectivity index (χ3v) is 8.50. The molecule has 2 amide bonds. The van der Waals surface area contributed by atoms with Crippen molar-refractivity contribution in [2.45, 2.75) is 39.0 Å². The van der Waals surface area contributed by atoms with Crippen molar-refractivity contribution in [3.63, 3.8) is 0 Å². The van der Waals surface area contributed by atoms with Crippen LogP contribution >= 0.6 is 0 Å². The third-order valence-electron chi connectivity index (χ3n) is 6.67. The van der Waals surface area contributed by atoms with Crippen LogP contribution < -0.4 is 0 Å². The van der Waals surface area contributed by atoms with Crippen LogP contribution in [-0.4, -0.2) is 80.4 Å². The van der Waals surface area contributed by atoms with E-state index in [2.05, 4.69) is 13.8 Å².